The van der Waals surface area contributed by atoms with Gasteiger partial charge in [-0.3, -0.25) is 9.78 Å². The molecule has 4 rings (SSSR count). The average molecular weight is 379 g/mol. The summed E-state index contributed by atoms with van der Waals surface area (Å²) in [7, 11) is 1.40. The third kappa shape index (κ3) is 3.38. The lowest BCUT2D eigenvalue weighted by Crippen LogP contribution is -2.38. The molecule has 0 unspecified atom stereocenters. The maximum Gasteiger partial charge on any atom is 0.253 e. The Balaban J connectivity index is 1.48. The predicted octanol–water partition coefficient (Wildman–Crippen LogP) is 3.98. The number of carbonyl (C=O) groups excluding carboxylic acids is 1. The van der Waals surface area contributed by atoms with Crippen LogP contribution in [0.1, 0.15) is 34.8 Å². The summed E-state index contributed by atoms with van der Waals surface area (Å²) in [5.41, 5.74) is 9.11. The molecule has 1 aliphatic heterocycles. The molecule has 0 aliphatic carbocycles. The molecule has 5 nitrogen and oxygen atoms in total. The van der Waals surface area contributed by atoms with E-state index in [-0.39, 0.29) is 17.6 Å². The Morgan fingerprint density at radius 3 is 2.64 bits per heavy atom. The van der Waals surface area contributed by atoms with E-state index < -0.39 is 5.82 Å². The number of methoxy groups -OCH3 is 1. The van der Waals surface area contributed by atoms with Gasteiger partial charge in [-0.05, 0) is 43.2 Å². The van der Waals surface area contributed by atoms with Gasteiger partial charge >= 0.3 is 0 Å². The number of piperidine rings is 1. The lowest BCUT2D eigenvalue weighted by molar-refractivity contribution is 0.0712. The largest absolute Gasteiger partial charge is 0.494 e. The fraction of sp³-hybridized carbons (Fsp3) is 0.273. The first-order chi connectivity index (χ1) is 13.6. The highest BCUT2D eigenvalue weighted by Crippen LogP contribution is 2.32. The molecule has 0 spiro atoms. The van der Waals surface area contributed by atoms with Gasteiger partial charge < -0.3 is 15.4 Å². The molecule has 2 N–H and O–H groups in total. The summed E-state index contributed by atoms with van der Waals surface area (Å²) in [5.74, 6) is -0.356. The summed E-state index contributed by atoms with van der Waals surface area (Å²) in [6.07, 6.45) is 1.56. The van der Waals surface area contributed by atoms with Crippen LogP contribution >= 0.6 is 0 Å². The van der Waals surface area contributed by atoms with Gasteiger partial charge in [0.25, 0.3) is 5.91 Å². The Labute approximate surface area is 162 Å². The monoisotopic (exact) mass is 379 g/mol. The van der Waals surface area contributed by atoms with Crippen molar-refractivity contribution in [2.24, 2.45) is 0 Å². The number of aromatic nitrogens is 1. The first kappa shape index (κ1) is 18.2. The Hall–Kier alpha value is -3.15. The molecule has 1 amide bonds. The van der Waals surface area contributed by atoms with E-state index in [0.29, 0.717) is 24.3 Å². The third-order valence-electron chi connectivity index (χ3n) is 5.35. The fourth-order valence-corrected chi connectivity index (χ4v) is 3.81. The molecule has 0 atom stereocenters. The number of ether oxygens (including phenoxy) is 1. The zero-order valence-corrected chi connectivity index (χ0v) is 15.7. The second kappa shape index (κ2) is 7.46. The zero-order valence-electron chi connectivity index (χ0n) is 15.7. The first-order valence-electron chi connectivity index (χ1n) is 9.35. The van der Waals surface area contributed by atoms with E-state index in [4.69, 9.17) is 15.5 Å². The highest BCUT2D eigenvalue weighted by atomic mass is 19.1. The SMILES string of the molecule is COc1ccc(C(=O)N2CCC(c3nc4ccccc4cc3N)CC2)cc1F. The van der Waals surface area contributed by atoms with E-state index in [2.05, 4.69) is 0 Å². The summed E-state index contributed by atoms with van der Waals surface area (Å²) in [4.78, 5) is 19.2. The van der Waals surface area contributed by atoms with Gasteiger partial charge in [0.1, 0.15) is 0 Å². The Kier molecular flexibility index (Phi) is 4.86. The maximum absolute atomic E-state index is 13.9. The van der Waals surface area contributed by atoms with Crippen LogP contribution in [0.3, 0.4) is 0 Å². The van der Waals surface area contributed by atoms with Crippen molar-refractivity contribution >= 4 is 22.5 Å². The van der Waals surface area contributed by atoms with Gasteiger partial charge in [-0.1, -0.05) is 18.2 Å². The van der Waals surface area contributed by atoms with E-state index >= 15 is 0 Å². The van der Waals surface area contributed by atoms with Crippen molar-refractivity contribution in [3.05, 3.63) is 65.6 Å². The van der Waals surface area contributed by atoms with Crippen molar-refractivity contribution in [1.29, 1.82) is 0 Å². The molecule has 1 saturated heterocycles. The van der Waals surface area contributed by atoms with E-state index in [0.717, 1.165) is 29.4 Å². The lowest BCUT2D eigenvalue weighted by atomic mass is 9.91. The number of nitrogens with two attached hydrogens (primary N) is 1. The second-order valence-corrected chi connectivity index (χ2v) is 7.07. The van der Waals surface area contributed by atoms with Gasteiger partial charge in [0.2, 0.25) is 0 Å². The number of hydrogen-bond acceptors (Lipinski definition) is 4. The van der Waals surface area contributed by atoms with Gasteiger partial charge in [0.15, 0.2) is 11.6 Å². The third-order valence-corrected chi connectivity index (χ3v) is 5.35. The van der Waals surface area contributed by atoms with Crippen LogP contribution in [0.4, 0.5) is 10.1 Å². The van der Waals surface area contributed by atoms with Crippen LogP contribution in [-0.2, 0) is 0 Å². The van der Waals surface area contributed by atoms with E-state index in [9.17, 15) is 9.18 Å². The number of fused-ring (bicyclic) bond motifs is 1. The fourth-order valence-electron chi connectivity index (χ4n) is 3.81. The molecule has 6 heteroatoms. The first-order valence-corrected chi connectivity index (χ1v) is 9.35. The second-order valence-electron chi connectivity index (χ2n) is 7.07. The van der Waals surface area contributed by atoms with E-state index in [1.54, 1.807) is 11.0 Å². The van der Waals surface area contributed by atoms with Crippen molar-refractivity contribution in [3.8, 4) is 5.75 Å². The Bertz CT molecular complexity index is 1030. The average Bonchev–Trinajstić information content (AvgIpc) is 2.73. The van der Waals surface area contributed by atoms with Crippen molar-refractivity contribution < 1.29 is 13.9 Å². The number of amides is 1. The number of anilines is 1. The number of pyridine rings is 1. The van der Waals surface area contributed by atoms with Crippen molar-refractivity contribution in [2.75, 3.05) is 25.9 Å². The van der Waals surface area contributed by atoms with Crippen LogP contribution in [0.5, 0.6) is 5.75 Å². The van der Waals surface area contributed by atoms with Gasteiger partial charge in [-0.25, -0.2) is 4.39 Å². The quantitative estimate of drug-likeness (QED) is 0.747. The van der Waals surface area contributed by atoms with Gasteiger partial charge in [0.05, 0.1) is 24.0 Å². The van der Waals surface area contributed by atoms with Gasteiger partial charge in [-0.2, -0.15) is 0 Å². The topological polar surface area (TPSA) is 68.5 Å². The summed E-state index contributed by atoms with van der Waals surface area (Å²) < 4.78 is 18.8. The normalized spacial score (nSPS) is 15.0. The summed E-state index contributed by atoms with van der Waals surface area (Å²) >= 11 is 0. The van der Waals surface area contributed by atoms with Crippen molar-refractivity contribution in [2.45, 2.75) is 18.8 Å². The van der Waals surface area contributed by atoms with Gasteiger partial charge in [0, 0.05) is 30.0 Å². The van der Waals surface area contributed by atoms with E-state index in [1.807, 2.05) is 30.3 Å². The minimum Gasteiger partial charge on any atom is -0.494 e. The highest BCUT2D eigenvalue weighted by Gasteiger charge is 2.27. The molecule has 0 saturated carbocycles. The van der Waals surface area contributed by atoms with Crippen LogP contribution in [-0.4, -0.2) is 36.0 Å². The molecule has 1 aromatic heterocycles. The van der Waals surface area contributed by atoms with Crippen LogP contribution in [0.2, 0.25) is 0 Å². The molecular weight excluding hydrogens is 357 g/mol. The number of benzene rings is 2. The number of hydrogen-bond donors (Lipinski definition) is 1. The lowest BCUT2D eigenvalue weighted by Gasteiger charge is -2.32. The molecule has 0 radical (unpaired) electrons. The summed E-state index contributed by atoms with van der Waals surface area (Å²) in [6.45, 7) is 1.18. The molecule has 144 valence electrons. The van der Waals surface area contributed by atoms with Crippen LogP contribution in [0.25, 0.3) is 10.9 Å². The Morgan fingerprint density at radius 1 is 1.18 bits per heavy atom. The number of halogens is 1. The highest BCUT2D eigenvalue weighted by molar-refractivity contribution is 5.94. The summed E-state index contributed by atoms with van der Waals surface area (Å²) in [6, 6.07) is 14.2. The van der Waals surface area contributed by atoms with Crippen molar-refractivity contribution in [3.63, 3.8) is 0 Å². The zero-order chi connectivity index (χ0) is 19.7. The number of nitrogen functional groups attached to an aromatic ring is 1. The standard InChI is InChI=1S/C22H22FN3O2/c1-28-20-7-6-16(12-17(20)23)22(27)26-10-8-14(9-11-26)21-18(24)13-15-4-2-3-5-19(15)25-21/h2-7,12-14H,8-11,24H2,1H3. The predicted molar refractivity (Wildman–Crippen MR) is 107 cm³/mol. The molecular formula is C22H22FN3O2. The molecule has 2 heterocycles. The number of rotatable bonds is 3. The number of likely N-dealkylation sites (tertiary alicyclic amines) is 1. The molecule has 2 aromatic carbocycles. The molecule has 28 heavy (non-hydrogen) atoms. The molecule has 3 aromatic rings. The van der Waals surface area contributed by atoms with Crippen LogP contribution in [0, 0.1) is 5.82 Å². The number of carbonyl (C=O) groups is 1. The number of nitrogens with zero attached hydrogens (tertiary/aromatic N) is 2. The molecule has 0 bridgehead atoms. The van der Waals surface area contributed by atoms with Crippen LogP contribution < -0.4 is 10.5 Å². The minimum absolute atomic E-state index is 0.133. The Morgan fingerprint density at radius 2 is 1.93 bits per heavy atom. The van der Waals surface area contributed by atoms with Crippen molar-refractivity contribution in [1.82, 2.24) is 9.88 Å². The van der Waals surface area contributed by atoms with Gasteiger partial charge in [-0.15, -0.1) is 0 Å². The smallest absolute Gasteiger partial charge is 0.253 e. The maximum atomic E-state index is 13.9. The minimum atomic E-state index is -0.531. The summed E-state index contributed by atoms with van der Waals surface area (Å²) in [5, 5.41) is 1.03. The number of para-hydroxylation sites is 1. The van der Waals surface area contributed by atoms with Crippen LogP contribution in [0.15, 0.2) is 48.5 Å². The molecule has 1 fully saturated rings. The van der Waals surface area contributed by atoms with E-state index in [1.165, 1.54) is 19.2 Å². The molecule has 1 aliphatic rings.